The molecule has 0 bridgehead atoms. The van der Waals surface area contributed by atoms with Gasteiger partial charge < -0.3 is 15.7 Å². The first-order valence-corrected chi connectivity index (χ1v) is 4.25. The molecule has 0 aliphatic carbocycles. The molecule has 9 heteroatoms. The molecule has 4 N–H and O–H groups in total. The van der Waals surface area contributed by atoms with E-state index in [1.807, 2.05) is 0 Å². The van der Waals surface area contributed by atoms with Crippen molar-refractivity contribution in [2.45, 2.75) is 25.7 Å². The van der Waals surface area contributed by atoms with Crippen LogP contribution >= 0.6 is 0 Å². The van der Waals surface area contributed by atoms with Crippen LogP contribution in [0.2, 0.25) is 0 Å². The fraction of sp³-hybridized carbons (Fsp3) is 0.500. The molecule has 0 saturated carbocycles. The summed E-state index contributed by atoms with van der Waals surface area (Å²) >= 11 is 0. The predicted molar refractivity (Wildman–Crippen MR) is 49.5 cm³/mol. The molecule has 0 aromatic heterocycles. The molecule has 0 amide bonds. The Morgan fingerprint density at radius 3 is 1.24 bits per heavy atom. The molecule has 0 aliphatic rings. The molecule has 9 nitrogen and oxygen atoms in total. The summed E-state index contributed by atoms with van der Waals surface area (Å²) < 4.78 is 0. The van der Waals surface area contributed by atoms with Crippen molar-refractivity contribution in [3.8, 4) is 0 Å². The third kappa shape index (κ3) is 11.8. The largest absolute Gasteiger partial charge is 0.481 e. The molecule has 0 spiro atoms. The van der Waals surface area contributed by atoms with Gasteiger partial charge in [0.05, 0.1) is 25.7 Å². The summed E-state index contributed by atoms with van der Waals surface area (Å²) in [6, 6.07) is 0. The minimum atomic E-state index is -1.19. The van der Waals surface area contributed by atoms with Gasteiger partial charge in [0, 0.05) is 0 Å². The van der Waals surface area contributed by atoms with Crippen molar-refractivity contribution >= 4 is 23.9 Å². The van der Waals surface area contributed by atoms with Crippen molar-refractivity contribution in [2.24, 2.45) is 0 Å². The fourth-order valence-corrected chi connectivity index (χ4v) is 0.594. The second-order valence-electron chi connectivity index (χ2n) is 2.70. The molecule has 0 unspecified atom stereocenters. The van der Waals surface area contributed by atoms with Crippen molar-refractivity contribution in [3.63, 3.8) is 0 Å². The number of carbonyl (C=O) groups is 4. The van der Waals surface area contributed by atoms with E-state index >= 15 is 0 Å². The minimum absolute atomic E-state index is 0. The van der Waals surface area contributed by atoms with Gasteiger partial charge in [-0.1, -0.05) is 0 Å². The van der Waals surface area contributed by atoms with Crippen LogP contribution in [0.4, 0.5) is 0 Å². The van der Waals surface area contributed by atoms with Crippen LogP contribution in [0, 0.1) is 0 Å². The Morgan fingerprint density at radius 2 is 1.00 bits per heavy atom. The lowest BCUT2D eigenvalue weighted by atomic mass is 10.3. The van der Waals surface area contributed by atoms with E-state index in [0.717, 1.165) is 0 Å². The Balaban J connectivity index is 0. The predicted octanol–water partition coefficient (Wildman–Crippen LogP) is -1.11. The third-order valence-corrected chi connectivity index (χ3v) is 1.31. The monoisotopic (exact) mass is 252 g/mol. The average molecular weight is 252 g/mol. The topological polar surface area (TPSA) is 159 Å². The number of hydrogen-bond donors (Lipinski definition) is 2. The fourth-order valence-electron chi connectivity index (χ4n) is 0.594. The van der Waals surface area contributed by atoms with Gasteiger partial charge in [-0.05, 0) is 0 Å². The van der Waals surface area contributed by atoms with Gasteiger partial charge in [-0.25, -0.2) is 19.4 Å². The van der Waals surface area contributed by atoms with Crippen LogP contribution in [0.5, 0.6) is 0 Å². The second kappa shape index (κ2) is 9.09. The van der Waals surface area contributed by atoms with E-state index in [9.17, 15) is 19.2 Å². The number of carboxylic acids is 2. The number of hydrogen-bond acceptors (Lipinski definition) is 6. The Hall–Kier alpha value is -2.16. The van der Waals surface area contributed by atoms with Crippen molar-refractivity contribution < 1.29 is 44.6 Å². The minimum Gasteiger partial charge on any atom is -0.481 e. The lowest BCUT2D eigenvalue weighted by Gasteiger charge is -2.01. The van der Waals surface area contributed by atoms with E-state index in [2.05, 4.69) is 9.78 Å². The van der Waals surface area contributed by atoms with Gasteiger partial charge in [0.15, 0.2) is 0 Å². The molecule has 0 radical (unpaired) electrons. The van der Waals surface area contributed by atoms with E-state index in [-0.39, 0.29) is 5.48 Å². The van der Waals surface area contributed by atoms with Crippen molar-refractivity contribution in [2.75, 3.05) is 0 Å². The summed E-state index contributed by atoms with van der Waals surface area (Å²) in [7, 11) is 0. The van der Waals surface area contributed by atoms with Crippen LogP contribution in [0.25, 0.3) is 0 Å². The number of carboxylic acid groups (broad SMARTS) is 2. The second-order valence-corrected chi connectivity index (χ2v) is 2.70. The van der Waals surface area contributed by atoms with Gasteiger partial charge in [-0.15, -0.1) is 0 Å². The summed E-state index contributed by atoms with van der Waals surface area (Å²) in [4.78, 5) is 49.4. The Kier molecular flexibility index (Phi) is 9.22. The first-order chi connectivity index (χ1) is 7.41. The number of carbonyl (C=O) groups excluding carboxylic acids is 2. The van der Waals surface area contributed by atoms with Gasteiger partial charge in [-0.2, -0.15) is 0 Å². The van der Waals surface area contributed by atoms with Crippen LogP contribution in [-0.2, 0) is 29.0 Å². The molecule has 0 saturated heterocycles. The van der Waals surface area contributed by atoms with Crippen LogP contribution in [-0.4, -0.2) is 39.6 Å². The quantitative estimate of drug-likeness (QED) is 0.444. The van der Waals surface area contributed by atoms with Gasteiger partial charge >= 0.3 is 23.9 Å². The third-order valence-electron chi connectivity index (χ3n) is 1.31. The van der Waals surface area contributed by atoms with Crippen LogP contribution in [0.3, 0.4) is 0 Å². The van der Waals surface area contributed by atoms with Gasteiger partial charge in [0.1, 0.15) is 0 Å². The lowest BCUT2D eigenvalue weighted by Crippen LogP contribution is -2.13. The summed E-state index contributed by atoms with van der Waals surface area (Å²) in [6.45, 7) is 0. The molecule has 0 aliphatic heterocycles. The van der Waals surface area contributed by atoms with E-state index in [1.54, 1.807) is 0 Å². The maximum Gasteiger partial charge on any atom is 0.356 e. The highest BCUT2D eigenvalue weighted by Gasteiger charge is 2.12. The molecule has 17 heavy (non-hydrogen) atoms. The highest BCUT2D eigenvalue weighted by atomic mass is 17.2. The van der Waals surface area contributed by atoms with Gasteiger partial charge in [-0.3, -0.25) is 9.59 Å². The van der Waals surface area contributed by atoms with Crippen LogP contribution < -0.4 is 0 Å². The smallest absolute Gasteiger partial charge is 0.356 e. The molecule has 0 fully saturated rings. The number of aliphatic carboxylic acids is 2. The summed E-state index contributed by atoms with van der Waals surface area (Å²) in [5.74, 6) is -4.39. The number of rotatable bonds is 6. The molecular weight excluding hydrogens is 240 g/mol. The normalized spacial score (nSPS) is 8.71. The Bertz CT molecular complexity index is 265. The highest BCUT2D eigenvalue weighted by molar-refractivity contribution is 5.78. The van der Waals surface area contributed by atoms with Gasteiger partial charge in [0.2, 0.25) is 0 Å². The molecule has 98 valence electrons. The zero-order valence-corrected chi connectivity index (χ0v) is 8.67. The van der Waals surface area contributed by atoms with Crippen molar-refractivity contribution in [3.05, 3.63) is 0 Å². The van der Waals surface area contributed by atoms with E-state index < -0.39 is 49.6 Å². The first kappa shape index (κ1) is 17.2. The van der Waals surface area contributed by atoms with Crippen molar-refractivity contribution in [1.29, 1.82) is 0 Å². The van der Waals surface area contributed by atoms with Crippen LogP contribution in [0.15, 0.2) is 0 Å². The SMILES string of the molecule is O.O=C(O)CCC(=O)OOC(=O)CCC(=O)O. The molecular formula is C8H12O9. The summed E-state index contributed by atoms with van der Waals surface area (Å²) in [5.41, 5.74) is 0. The summed E-state index contributed by atoms with van der Waals surface area (Å²) in [5, 5.41) is 16.4. The standard InChI is InChI=1S/C8H10O8.H2O/c9-5(10)1-3-7(13)15-16-8(14)4-2-6(11)12;/h1-4H2,(H,9,10)(H,11,12);1H2. The van der Waals surface area contributed by atoms with E-state index in [4.69, 9.17) is 10.2 Å². The molecule has 0 heterocycles. The van der Waals surface area contributed by atoms with Gasteiger partial charge in [0.25, 0.3) is 0 Å². The summed E-state index contributed by atoms with van der Waals surface area (Å²) in [6.07, 6.45) is -1.74. The zero-order valence-electron chi connectivity index (χ0n) is 8.67. The zero-order chi connectivity index (χ0) is 12.6. The van der Waals surface area contributed by atoms with E-state index in [0.29, 0.717) is 0 Å². The molecule has 0 atom stereocenters. The Morgan fingerprint density at radius 1 is 0.706 bits per heavy atom. The molecule has 0 aromatic carbocycles. The average Bonchev–Trinajstić information content (AvgIpc) is 2.20. The molecule has 0 aromatic rings. The maximum atomic E-state index is 10.7. The van der Waals surface area contributed by atoms with Crippen molar-refractivity contribution in [1.82, 2.24) is 0 Å². The highest BCUT2D eigenvalue weighted by Crippen LogP contribution is 1.97. The van der Waals surface area contributed by atoms with E-state index in [1.165, 1.54) is 0 Å². The molecule has 0 rings (SSSR count). The first-order valence-electron chi connectivity index (χ1n) is 4.25. The van der Waals surface area contributed by atoms with Crippen LogP contribution in [0.1, 0.15) is 25.7 Å². The maximum absolute atomic E-state index is 10.7. The lowest BCUT2D eigenvalue weighted by molar-refractivity contribution is -0.259. The Labute approximate surface area is 95.2 Å².